The standard InChI is InChI=1S/C14H21Cl/c1-11(2)14(4,10-15)9-13-7-5-12(3)6-8-13/h5-8,11H,9-10H2,1-4H3. The molecule has 0 fully saturated rings. The fourth-order valence-corrected chi connectivity index (χ4v) is 1.98. The van der Waals surface area contributed by atoms with E-state index in [4.69, 9.17) is 11.6 Å². The first kappa shape index (κ1) is 12.6. The van der Waals surface area contributed by atoms with Gasteiger partial charge in [-0.25, -0.2) is 0 Å². The van der Waals surface area contributed by atoms with Gasteiger partial charge in [-0.05, 0) is 30.2 Å². The van der Waals surface area contributed by atoms with Crippen LogP contribution in [0.5, 0.6) is 0 Å². The average Bonchev–Trinajstić information content (AvgIpc) is 2.21. The number of hydrogen-bond donors (Lipinski definition) is 0. The summed E-state index contributed by atoms with van der Waals surface area (Å²) in [4.78, 5) is 0. The highest BCUT2D eigenvalue weighted by atomic mass is 35.5. The number of hydrogen-bond acceptors (Lipinski definition) is 0. The summed E-state index contributed by atoms with van der Waals surface area (Å²) in [5.74, 6) is 1.33. The lowest BCUT2D eigenvalue weighted by atomic mass is 9.76. The van der Waals surface area contributed by atoms with Gasteiger partial charge in [-0.2, -0.15) is 0 Å². The van der Waals surface area contributed by atoms with Crippen LogP contribution >= 0.6 is 11.6 Å². The monoisotopic (exact) mass is 224 g/mol. The van der Waals surface area contributed by atoms with E-state index in [1.807, 2.05) is 0 Å². The van der Waals surface area contributed by atoms with Crippen molar-refractivity contribution in [2.75, 3.05) is 5.88 Å². The predicted molar refractivity (Wildman–Crippen MR) is 68.5 cm³/mol. The lowest BCUT2D eigenvalue weighted by Crippen LogP contribution is -2.28. The summed E-state index contributed by atoms with van der Waals surface area (Å²) < 4.78 is 0. The zero-order chi connectivity index (χ0) is 11.5. The van der Waals surface area contributed by atoms with Gasteiger partial charge in [0.15, 0.2) is 0 Å². The molecule has 0 saturated heterocycles. The fraction of sp³-hybridized carbons (Fsp3) is 0.571. The Morgan fingerprint density at radius 1 is 1.20 bits per heavy atom. The molecule has 0 bridgehead atoms. The van der Waals surface area contributed by atoms with Crippen molar-refractivity contribution in [2.45, 2.75) is 34.1 Å². The number of rotatable bonds is 4. The highest BCUT2D eigenvalue weighted by molar-refractivity contribution is 6.18. The van der Waals surface area contributed by atoms with Crippen molar-refractivity contribution < 1.29 is 0 Å². The molecule has 0 aliphatic heterocycles. The van der Waals surface area contributed by atoms with Crippen LogP contribution in [0.2, 0.25) is 0 Å². The molecule has 0 saturated carbocycles. The average molecular weight is 225 g/mol. The van der Waals surface area contributed by atoms with Crippen molar-refractivity contribution in [2.24, 2.45) is 11.3 Å². The Morgan fingerprint density at radius 2 is 1.73 bits per heavy atom. The van der Waals surface area contributed by atoms with Gasteiger partial charge >= 0.3 is 0 Å². The van der Waals surface area contributed by atoms with Crippen molar-refractivity contribution in [1.29, 1.82) is 0 Å². The molecule has 15 heavy (non-hydrogen) atoms. The van der Waals surface area contributed by atoms with Crippen LogP contribution in [0.1, 0.15) is 31.9 Å². The maximum Gasteiger partial charge on any atom is 0.0282 e. The minimum absolute atomic E-state index is 0.205. The summed E-state index contributed by atoms with van der Waals surface area (Å²) in [5, 5.41) is 0. The van der Waals surface area contributed by atoms with E-state index in [0.29, 0.717) is 5.92 Å². The second kappa shape index (κ2) is 5.03. The quantitative estimate of drug-likeness (QED) is 0.664. The van der Waals surface area contributed by atoms with Gasteiger partial charge in [0, 0.05) is 5.88 Å². The predicted octanol–water partition coefficient (Wildman–Crippen LogP) is 4.44. The van der Waals surface area contributed by atoms with Crippen molar-refractivity contribution in [3.63, 3.8) is 0 Å². The van der Waals surface area contributed by atoms with Crippen molar-refractivity contribution in [3.8, 4) is 0 Å². The molecule has 0 aliphatic carbocycles. The van der Waals surface area contributed by atoms with E-state index in [9.17, 15) is 0 Å². The molecule has 1 rings (SSSR count). The van der Waals surface area contributed by atoms with Crippen LogP contribution < -0.4 is 0 Å². The Labute approximate surface area is 98.7 Å². The summed E-state index contributed by atoms with van der Waals surface area (Å²) >= 11 is 6.08. The minimum Gasteiger partial charge on any atom is -0.126 e. The van der Waals surface area contributed by atoms with Gasteiger partial charge in [-0.1, -0.05) is 50.6 Å². The summed E-state index contributed by atoms with van der Waals surface area (Å²) in [5.41, 5.74) is 2.91. The summed E-state index contributed by atoms with van der Waals surface area (Å²) in [7, 11) is 0. The summed E-state index contributed by atoms with van der Waals surface area (Å²) in [6.07, 6.45) is 1.06. The molecule has 0 heterocycles. The van der Waals surface area contributed by atoms with Gasteiger partial charge in [-0.3, -0.25) is 0 Å². The number of alkyl halides is 1. The van der Waals surface area contributed by atoms with Gasteiger partial charge in [0.05, 0.1) is 0 Å². The maximum absolute atomic E-state index is 6.08. The molecule has 0 aliphatic rings. The van der Waals surface area contributed by atoms with E-state index in [1.165, 1.54) is 11.1 Å². The minimum atomic E-state index is 0.205. The van der Waals surface area contributed by atoms with E-state index < -0.39 is 0 Å². The SMILES string of the molecule is Cc1ccc(CC(C)(CCl)C(C)C)cc1. The van der Waals surface area contributed by atoms with Gasteiger partial charge in [0.25, 0.3) is 0 Å². The molecule has 1 aromatic rings. The molecular formula is C14H21Cl. The zero-order valence-electron chi connectivity index (χ0n) is 10.2. The Morgan fingerprint density at radius 3 is 2.13 bits per heavy atom. The third kappa shape index (κ3) is 3.24. The van der Waals surface area contributed by atoms with Gasteiger partial charge in [0.2, 0.25) is 0 Å². The fourth-order valence-electron chi connectivity index (χ4n) is 1.58. The highest BCUT2D eigenvalue weighted by Crippen LogP contribution is 2.32. The van der Waals surface area contributed by atoms with Crippen LogP contribution in [-0.4, -0.2) is 5.88 Å². The topological polar surface area (TPSA) is 0 Å². The largest absolute Gasteiger partial charge is 0.126 e. The van der Waals surface area contributed by atoms with Crippen LogP contribution in [0, 0.1) is 18.3 Å². The van der Waals surface area contributed by atoms with E-state index in [2.05, 4.69) is 52.0 Å². The smallest absolute Gasteiger partial charge is 0.0282 e. The molecule has 0 radical (unpaired) electrons. The van der Waals surface area contributed by atoms with E-state index >= 15 is 0 Å². The Hall–Kier alpha value is -0.490. The highest BCUT2D eigenvalue weighted by Gasteiger charge is 2.27. The van der Waals surface area contributed by atoms with Crippen LogP contribution in [0.4, 0.5) is 0 Å². The summed E-state index contributed by atoms with van der Waals surface area (Å²) in [6, 6.07) is 8.76. The molecule has 0 nitrogen and oxygen atoms in total. The molecule has 0 amide bonds. The third-order valence-corrected chi connectivity index (χ3v) is 4.04. The van der Waals surface area contributed by atoms with Crippen LogP contribution in [-0.2, 0) is 6.42 Å². The van der Waals surface area contributed by atoms with E-state index in [-0.39, 0.29) is 5.41 Å². The number of halogens is 1. The third-order valence-electron chi connectivity index (χ3n) is 3.43. The molecular weight excluding hydrogens is 204 g/mol. The molecule has 0 spiro atoms. The van der Waals surface area contributed by atoms with Crippen LogP contribution in [0.15, 0.2) is 24.3 Å². The second-order valence-electron chi connectivity index (χ2n) is 5.10. The molecule has 1 aromatic carbocycles. The molecule has 1 unspecified atom stereocenters. The Kier molecular flexibility index (Phi) is 4.21. The van der Waals surface area contributed by atoms with Gasteiger partial charge in [0.1, 0.15) is 0 Å². The lowest BCUT2D eigenvalue weighted by molar-refractivity contribution is 0.253. The van der Waals surface area contributed by atoms with Crippen molar-refractivity contribution >= 4 is 11.6 Å². The van der Waals surface area contributed by atoms with Crippen LogP contribution in [0.3, 0.4) is 0 Å². The van der Waals surface area contributed by atoms with Gasteiger partial charge < -0.3 is 0 Å². The van der Waals surface area contributed by atoms with E-state index in [1.54, 1.807) is 0 Å². The summed E-state index contributed by atoms with van der Waals surface area (Å²) in [6.45, 7) is 8.88. The Balaban J connectivity index is 2.79. The van der Waals surface area contributed by atoms with Crippen LogP contribution in [0.25, 0.3) is 0 Å². The maximum atomic E-state index is 6.08. The van der Waals surface area contributed by atoms with Gasteiger partial charge in [-0.15, -0.1) is 11.6 Å². The van der Waals surface area contributed by atoms with Crippen molar-refractivity contribution in [3.05, 3.63) is 35.4 Å². The normalized spacial score (nSPS) is 15.3. The number of benzene rings is 1. The van der Waals surface area contributed by atoms with E-state index in [0.717, 1.165) is 12.3 Å². The van der Waals surface area contributed by atoms with Crippen molar-refractivity contribution in [1.82, 2.24) is 0 Å². The number of aryl methyl sites for hydroxylation is 1. The zero-order valence-corrected chi connectivity index (χ0v) is 10.9. The molecule has 84 valence electrons. The molecule has 0 aromatic heterocycles. The molecule has 0 N–H and O–H groups in total. The first-order chi connectivity index (χ1) is 6.98. The lowest BCUT2D eigenvalue weighted by Gasteiger charge is -2.31. The first-order valence-electron chi connectivity index (χ1n) is 5.59. The molecule has 1 heteroatoms. The second-order valence-corrected chi connectivity index (χ2v) is 5.37. The molecule has 1 atom stereocenters. The Bertz CT molecular complexity index is 300. The first-order valence-corrected chi connectivity index (χ1v) is 6.13.